The van der Waals surface area contributed by atoms with Crippen molar-refractivity contribution in [1.29, 1.82) is 0 Å². The third-order valence-electron chi connectivity index (χ3n) is 4.28. The molecular weight excluding hydrogens is 215 g/mol. The standard InChI is InChI=1S/C14H15FN2/c15-10-1-2-13-11(7-10)12-8-17-5-3-9(4-6-17)14(12)16-13/h1-2,7,9,16H,3-6,8H2. The zero-order valence-corrected chi connectivity index (χ0v) is 9.67. The molecule has 1 aromatic carbocycles. The van der Waals surface area contributed by atoms with Crippen LogP contribution in [0.2, 0.25) is 0 Å². The second kappa shape index (κ2) is 3.33. The van der Waals surface area contributed by atoms with Gasteiger partial charge in [0.1, 0.15) is 5.82 Å². The highest BCUT2D eigenvalue weighted by molar-refractivity contribution is 5.85. The number of fused-ring (bicyclic) bond motifs is 3. The molecule has 1 saturated heterocycles. The second-order valence-electron chi connectivity index (χ2n) is 5.26. The van der Waals surface area contributed by atoms with Crippen LogP contribution in [-0.4, -0.2) is 23.0 Å². The summed E-state index contributed by atoms with van der Waals surface area (Å²) in [5.74, 6) is 0.519. The highest BCUT2D eigenvalue weighted by atomic mass is 19.1. The van der Waals surface area contributed by atoms with Crippen LogP contribution >= 0.6 is 0 Å². The molecule has 0 atom stereocenters. The van der Waals surface area contributed by atoms with Crippen LogP contribution in [0.4, 0.5) is 4.39 Å². The normalized spacial score (nSPS) is 27.1. The van der Waals surface area contributed by atoms with Crippen LogP contribution < -0.4 is 0 Å². The van der Waals surface area contributed by atoms with Crippen molar-refractivity contribution in [2.75, 3.05) is 13.1 Å². The Morgan fingerprint density at radius 1 is 1.24 bits per heavy atom. The number of piperidine rings is 1. The van der Waals surface area contributed by atoms with Gasteiger partial charge >= 0.3 is 0 Å². The van der Waals surface area contributed by atoms with Crippen molar-refractivity contribution in [3.8, 4) is 0 Å². The predicted octanol–water partition coefficient (Wildman–Crippen LogP) is 3.00. The van der Waals surface area contributed by atoms with E-state index in [1.54, 1.807) is 6.07 Å². The van der Waals surface area contributed by atoms with Crippen molar-refractivity contribution in [2.24, 2.45) is 0 Å². The Kier molecular flexibility index (Phi) is 1.89. The average Bonchev–Trinajstić information content (AvgIpc) is 2.51. The fourth-order valence-electron chi connectivity index (χ4n) is 3.36. The third kappa shape index (κ3) is 1.35. The maximum Gasteiger partial charge on any atom is 0.123 e. The maximum atomic E-state index is 13.4. The topological polar surface area (TPSA) is 19.0 Å². The summed E-state index contributed by atoms with van der Waals surface area (Å²) < 4.78 is 13.4. The van der Waals surface area contributed by atoms with Crippen LogP contribution in [0.3, 0.4) is 0 Å². The first kappa shape index (κ1) is 9.66. The number of H-pyrrole nitrogens is 1. The van der Waals surface area contributed by atoms with E-state index in [1.165, 1.54) is 43.3 Å². The third-order valence-corrected chi connectivity index (χ3v) is 4.28. The van der Waals surface area contributed by atoms with Gasteiger partial charge in [-0.1, -0.05) is 0 Å². The predicted molar refractivity (Wildman–Crippen MR) is 65.5 cm³/mol. The molecule has 1 N–H and O–H groups in total. The van der Waals surface area contributed by atoms with E-state index in [0.29, 0.717) is 5.92 Å². The lowest BCUT2D eigenvalue weighted by Crippen LogP contribution is -2.28. The number of aromatic amines is 1. The Hall–Kier alpha value is -1.35. The van der Waals surface area contributed by atoms with Gasteiger partial charge in [-0.05, 0) is 49.7 Å². The van der Waals surface area contributed by atoms with Crippen molar-refractivity contribution >= 4 is 10.9 Å². The molecule has 0 aliphatic carbocycles. The molecule has 2 bridgehead atoms. The summed E-state index contributed by atoms with van der Waals surface area (Å²) in [6, 6.07) is 5.08. The molecule has 0 radical (unpaired) electrons. The number of nitrogens with one attached hydrogen (secondary N) is 1. The van der Waals surface area contributed by atoms with Gasteiger partial charge in [0.25, 0.3) is 0 Å². The van der Waals surface area contributed by atoms with E-state index >= 15 is 0 Å². The quantitative estimate of drug-likeness (QED) is 0.737. The number of rotatable bonds is 0. The van der Waals surface area contributed by atoms with Gasteiger partial charge in [0, 0.05) is 29.1 Å². The molecule has 5 rings (SSSR count). The first-order valence-electron chi connectivity index (χ1n) is 6.33. The Labute approximate surface area is 99.4 Å². The van der Waals surface area contributed by atoms with Crippen LogP contribution in [0.5, 0.6) is 0 Å². The summed E-state index contributed by atoms with van der Waals surface area (Å²) in [5.41, 5.74) is 3.79. The van der Waals surface area contributed by atoms with Crippen molar-refractivity contribution < 1.29 is 4.39 Å². The highest BCUT2D eigenvalue weighted by Crippen LogP contribution is 2.38. The van der Waals surface area contributed by atoms with E-state index in [4.69, 9.17) is 0 Å². The molecule has 88 valence electrons. The first-order valence-corrected chi connectivity index (χ1v) is 6.33. The lowest BCUT2D eigenvalue weighted by Gasteiger charge is -2.26. The highest BCUT2D eigenvalue weighted by Gasteiger charge is 2.30. The van der Waals surface area contributed by atoms with E-state index in [0.717, 1.165) is 17.4 Å². The van der Waals surface area contributed by atoms with Crippen LogP contribution in [-0.2, 0) is 6.54 Å². The van der Waals surface area contributed by atoms with Crippen molar-refractivity contribution in [3.05, 3.63) is 35.3 Å². The molecule has 0 amide bonds. The van der Waals surface area contributed by atoms with Gasteiger partial charge in [-0.2, -0.15) is 0 Å². The number of nitrogens with zero attached hydrogens (tertiary/aromatic N) is 1. The lowest BCUT2D eigenvalue weighted by molar-refractivity contribution is 0.220. The van der Waals surface area contributed by atoms with Gasteiger partial charge in [0.2, 0.25) is 0 Å². The summed E-state index contributed by atoms with van der Waals surface area (Å²) in [4.78, 5) is 6.00. The molecule has 1 aromatic heterocycles. The smallest absolute Gasteiger partial charge is 0.123 e. The van der Waals surface area contributed by atoms with E-state index in [1.807, 2.05) is 6.07 Å². The minimum atomic E-state index is -0.133. The zero-order chi connectivity index (χ0) is 11.4. The Balaban J connectivity index is 1.99. The van der Waals surface area contributed by atoms with Crippen LogP contribution in [0, 0.1) is 5.82 Å². The fourth-order valence-corrected chi connectivity index (χ4v) is 3.36. The summed E-state index contributed by atoms with van der Waals surface area (Å²) in [5, 5.41) is 1.08. The van der Waals surface area contributed by atoms with Gasteiger partial charge in [-0.3, -0.25) is 4.90 Å². The van der Waals surface area contributed by atoms with E-state index in [9.17, 15) is 4.39 Å². The van der Waals surface area contributed by atoms with Crippen molar-refractivity contribution in [3.63, 3.8) is 0 Å². The SMILES string of the molecule is Fc1ccc2[nH]c3c(c2c1)CN1CCC3CC1. The zero-order valence-electron chi connectivity index (χ0n) is 9.67. The van der Waals surface area contributed by atoms with Crippen LogP contribution in [0.15, 0.2) is 18.2 Å². The van der Waals surface area contributed by atoms with E-state index < -0.39 is 0 Å². The Bertz CT molecular complexity index is 579. The summed E-state index contributed by atoms with van der Waals surface area (Å²) >= 11 is 0. The van der Waals surface area contributed by atoms with Gasteiger partial charge in [-0.25, -0.2) is 4.39 Å². The molecule has 3 aliphatic heterocycles. The molecule has 0 spiro atoms. The lowest BCUT2D eigenvalue weighted by atomic mass is 9.94. The summed E-state index contributed by atoms with van der Waals surface area (Å²) in [6.45, 7) is 3.35. The van der Waals surface area contributed by atoms with Crippen molar-refractivity contribution in [2.45, 2.75) is 25.3 Å². The maximum absolute atomic E-state index is 13.4. The van der Waals surface area contributed by atoms with Crippen molar-refractivity contribution in [1.82, 2.24) is 9.88 Å². The van der Waals surface area contributed by atoms with Crippen LogP contribution in [0.1, 0.15) is 30.0 Å². The minimum absolute atomic E-state index is 0.133. The van der Waals surface area contributed by atoms with Gasteiger partial charge in [0.15, 0.2) is 0 Å². The molecule has 2 nitrogen and oxygen atoms in total. The number of halogens is 1. The largest absolute Gasteiger partial charge is 0.358 e. The molecule has 2 aromatic rings. The Morgan fingerprint density at radius 3 is 2.88 bits per heavy atom. The van der Waals surface area contributed by atoms with E-state index in [-0.39, 0.29) is 5.82 Å². The first-order chi connectivity index (χ1) is 8.31. The number of hydrogen-bond donors (Lipinski definition) is 1. The Morgan fingerprint density at radius 2 is 2.06 bits per heavy atom. The molecule has 0 saturated carbocycles. The van der Waals surface area contributed by atoms with Gasteiger partial charge in [-0.15, -0.1) is 0 Å². The molecule has 4 heterocycles. The van der Waals surface area contributed by atoms with E-state index in [2.05, 4.69) is 9.88 Å². The van der Waals surface area contributed by atoms with Crippen LogP contribution in [0.25, 0.3) is 10.9 Å². The molecule has 3 heteroatoms. The molecular formula is C14H15FN2. The average molecular weight is 230 g/mol. The molecule has 17 heavy (non-hydrogen) atoms. The van der Waals surface area contributed by atoms with Gasteiger partial charge < -0.3 is 4.98 Å². The number of aromatic nitrogens is 1. The second-order valence-corrected chi connectivity index (χ2v) is 5.26. The molecule has 0 unspecified atom stereocenters. The molecule has 1 fully saturated rings. The number of hydrogen-bond acceptors (Lipinski definition) is 1. The summed E-state index contributed by atoms with van der Waals surface area (Å²) in [7, 11) is 0. The monoisotopic (exact) mass is 230 g/mol. The summed E-state index contributed by atoms with van der Waals surface area (Å²) in [6.07, 6.45) is 2.48. The molecule has 3 aliphatic rings. The van der Waals surface area contributed by atoms with Gasteiger partial charge in [0.05, 0.1) is 0 Å². The fraction of sp³-hybridized carbons (Fsp3) is 0.429. The minimum Gasteiger partial charge on any atom is -0.358 e. The number of benzene rings is 1.